The minimum atomic E-state index is -0.0789. The molecule has 5 heteroatoms. The van der Waals surface area contributed by atoms with Crippen molar-refractivity contribution in [2.45, 2.75) is 12.6 Å². The Morgan fingerprint density at radius 1 is 1.56 bits per heavy atom. The second-order valence-corrected chi connectivity index (χ2v) is 5.34. The first-order valence-electron chi connectivity index (χ1n) is 6.15. The van der Waals surface area contributed by atoms with Gasteiger partial charge < -0.3 is 20.1 Å². The zero-order valence-corrected chi connectivity index (χ0v) is 12.1. The minimum absolute atomic E-state index is 0.0778. The predicted molar refractivity (Wildman–Crippen MR) is 75.9 cm³/mol. The molecule has 1 aliphatic rings. The van der Waals surface area contributed by atoms with Crippen LogP contribution in [0.4, 0.5) is 5.69 Å². The van der Waals surface area contributed by atoms with Crippen molar-refractivity contribution in [3.63, 3.8) is 0 Å². The number of halogens is 1. The molecule has 0 spiro atoms. The number of nitrogens with zero attached hydrogens (tertiary/aromatic N) is 1. The van der Waals surface area contributed by atoms with Crippen LogP contribution in [0.5, 0.6) is 0 Å². The van der Waals surface area contributed by atoms with Gasteiger partial charge in [-0.05, 0) is 30.8 Å². The van der Waals surface area contributed by atoms with E-state index in [0.717, 1.165) is 24.1 Å². The Hall–Kier alpha value is -0.620. The van der Waals surface area contributed by atoms with Crippen molar-refractivity contribution < 1.29 is 9.84 Å². The largest absolute Gasteiger partial charge is 0.394 e. The summed E-state index contributed by atoms with van der Waals surface area (Å²) in [7, 11) is 1.94. The molecule has 0 aliphatic carbocycles. The monoisotopic (exact) mass is 314 g/mol. The molecule has 0 amide bonds. The Labute approximate surface area is 116 Å². The van der Waals surface area contributed by atoms with Gasteiger partial charge in [0.25, 0.3) is 0 Å². The number of anilines is 1. The SMILES string of the molecule is CNCc1cc(Br)ccc1N1CCOC(CO)C1. The molecule has 1 atom stereocenters. The molecule has 1 unspecified atom stereocenters. The molecule has 18 heavy (non-hydrogen) atoms. The number of rotatable bonds is 4. The van der Waals surface area contributed by atoms with Crippen molar-refractivity contribution in [2.24, 2.45) is 0 Å². The van der Waals surface area contributed by atoms with E-state index in [1.54, 1.807) is 0 Å². The molecule has 2 rings (SSSR count). The van der Waals surface area contributed by atoms with Crippen molar-refractivity contribution in [1.82, 2.24) is 5.32 Å². The Kier molecular flexibility index (Phi) is 5.00. The van der Waals surface area contributed by atoms with E-state index in [9.17, 15) is 5.11 Å². The maximum atomic E-state index is 9.20. The molecule has 1 aliphatic heterocycles. The van der Waals surface area contributed by atoms with E-state index in [-0.39, 0.29) is 12.7 Å². The second kappa shape index (κ2) is 6.52. The van der Waals surface area contributed by atoms with E-state index in [0.29, 0.717) is 6.61 Å². The molecule has 4 nitrogen and oxygen atoms in total. The molecule has 0 aromatic heterocycles. The van der Waals surface area contributed by atoms with Gasteiger partial charge in [-0.3, -0.25) is 0 Å². The Morgan fingerprint density at radius 3 is 3.11 bits per heavy atom. The van der Waals surface area contributed by atoms with Gasteiger partial charge in [-0.1, -0.05) is 15.9 Å². The molecule has 0 radical (unpaired) electrons. The zero-order chi connectivity index (χ0) is 13.0. The number of hydrogen-bond acceptors (Lipinski definition) is 4. The van der Waals surface area contributed by atoms with Crippen molar-refractivity contribution in [3.05, 3.63) is 28.2 Å². The van der Waals surface area contributed by atoms with Crippen LogP contribution in [0.15, 0.2) is 22.7 Å². The highest BCUT2D eigenvalue weighted by molar-refractivity contribution is 9.10. The zero-order valence-electron chi connectivity index (χ0n) is 10.5. The van der Waals surface area contributed by atoms with Crippen LogP contribution in [0, 0.1) is 0 Å². The van der Waals surface area contributed by atoms with Gasteiger partial charge in [0, 0.05) is 29.8 Å². The second-order valence-electron chi connectivity index (χ2n) is 4.42. The standard InChI is InChI=1S/C13H19BrN2O2/c1-15-7-10-6-11(14)2-3-13(10)16-4-5-18-12(8-16)9-17/h2-3,6,12,15,17H,4-5,7-9H2,1H3. The molecule has 0 bridgehead atoms. The minimum Gasteiger partial charge on any atom is -0.394 e. The third-order valence-corrected chi connectivity index (χ3v) is 3.59. The third kappa shape index (κ3) is 3.23. The Morgan fingerprint density at radius 2 is 2.39 bits per heavy atom. The van der Waals surface area contributed by atoms with Crippen LogP contribution in [-0.4, -0.2) is 44.6 Å². The van der Waals surface area contributed by atoms with Crippen LogP contribution in [0.2, 0.25) is 0 Å². The first-order valence-corrected chi connectivity index (χ1v) is 6.94. The van der Waals surface area contributed by atoms with Gasteiger partial charge in [0.05, 0.1) is 19.3 Å². The van der Waals surface area contributed by atoms with Gasteiger partial charge in [-0.15, -0.1) is 0 Å². The van der Waals surface area contributed by atoms with Gasteiger partial charge in [0.15, 0.2) is 0 Å². The van der Waals surface area contributed by atoms with Gasteiger partial charge in [-0.2, -0.15) is 0 Å². The average Bonchev–Trinajstić information content (AvgIpc) is 2.39. The summed E-state index contributed by atoms with van der Waals surface area (Å²) in [6.45, 7) is 3.19. The molecular formula is C13H19BrN2O2. The van der Waals surface area contributed by atoms with Crippen LogP contribution in [0.1, 0.15) is 5.56 Å². The highest BCUT2D eigenvalue weighted by atomic mass is 79.9. The highest BCUT2D eigenvalue weighted by Gasteiger charge is 2.21. The van der Waals surface area contributed by atoms with E-state index in [1.807, 2.05) is 7.05 Å². The number of nitrogens with one attached hydrogen (secondary N) is 1. The normalized spacial score (nSPS) is 20.2. The smallest absolute Gasteiger partial charge is 0.0980 e. The first kappa shape index (κ1) is 13.8. The topological polar surface area (TPSA) is 44.7 Å². The van der Waals surface area contributed by atoms with E-state index in [2.05, 4.69) is 44.3 Å². The van der Waals surface area contributed by atoms with Crippen LogP contribution in [-0.2, 0) is 11.3 Å². The quantitative estimate of drug-likeness (QED) is 0.881. The van der Waals surface area contributed by atoms with E-state index >= 15 is 0 Å². The van der Waals surface area contributed by atoms with Gasteiger partial charge >= 0.3 is 0 Å². The molecule has 1 aromatic carbocycles. The summed E-state index contributed by atoms with van der Waals surface area (Å²) in [6.07, 6.45) is -0.0789. The van der Waals surface area contributed by atoms with Crippen LogP contribution >= 0.6 is 15.9 Å². The third-order valence-electron chi connectivity index (χ3n) is 3.09. The average molecular weight is 315 g/mol. The first-order chi connectivity index (χ1) is 8.74. The van der Waals surface area contributed by atoms with Crippen LogP contribution < -0.4 is 10.2 Å². The number of benzene rings is 1. The summed E-state index contributed by atoms with van der Waals surface area (Å²) in [5.41, 5.74) is 2.47. The predicted octanol–water partition coefficient (Wildman–Crippen LogP) is 1.37. The van der Waals surface area contributed by atoms with Crippen LogP contribution in [0.25, 0.3) is 0 Å². The fourth-order valence-corrected chi connectivity index (χ4v) is 2.65. The summed E-state index contributed by atoms with van der Waals surface area (Å²) in [4.78, 5) is 2.28. The van der Waals surface area contributed by atoms with Crippen molar-refractivity contribution >= 4 is 21.6 Å². The molecule has 0 saturated carbocycles. The molecule has 1 fully saturated rings. The van der Waals surface area contributed by atoms with Crippen molar-refractivity contribution in [2.75, 3.05) is 38.3 Å². The maximum Gasteiger partial charge on any atom is 0.0980 e. The fraction of sp³-hybridized carbons (Fsp3) is 0.538. The number of morpholine rings is 1. The van der Waals surface area contributed by atoms with E-state index < -0.39 is 0 Å². The van der Waals surface area contributed by atoms with Gasteiger partial charge in [0.1, 0.15) is 0 Å². The molecule has 2 N–H and O–H groups in total. The maximum absolute atomic E-state index is 9.20. The summed E-state index contributed by atoms with van der Waals surface area (Å²) >= 11 is 3.50. The summed E-state index contributed by atoms with van der Waals surface area (Å²) < 4.78 is 6.57. The van der Waals surface area contributed by atoms with Crippen molar-refractivity contribution in [3.8, 4) is 0 Å². The Bertz CT molecular complexity index is 401. The molecule has 100 valence electrons. The van der Waals surface area contributed by atoms with E-state index in [1.165, 1.54) is 11.3 Å². The molecule has 1 heterocycles. The van der Waals surface area contributed by atoms with Gasteiger partial charge in [-0.25, -0.2) is 0 Å². The highest BCUT2D eigenvalue weighted by Crippen LogP contribution is 2.26. The lowest BCUT2D eigenvalue weighted by molar-refractivity contribution is 0.00352. The lowest BCUT2D eigenvalue weighted by Gasteiger charge is -2.35. The number of aliphatic hydroxyl groups is 1. The lowest BCUT2D eigenvalue weighted by Crippen LogP contribution is -2.44. The summed E-state index contributed by atoms with van der Waals surface area (Å²) in [5.74, 6) is 0. The van der Waals surface area contributed by atoms with Gasteiger partial charge in [0.2, 0.25) is 0 Å². The number of aliphatic hydroxyl groups excluding tert-OH is 1. The van der Waals surface area contributed by atoms with Crippen molar-refractivity contribution in [1.29, 1.82) is 0 Å². The summed E-state index contributed by atoms with van der Waals surface area (Å²) in [5, 5.41) is 12.4. The summed E-state index contributed by atoms with van der Waals surface area (Å²) in [6, 6.07) is 6.31. The fourth-order valence-electron chi connectivity index (χ4n) is 2.24. The van der Waals surface area contributed by atoms with E-state index in [4.69, 9.17) is 4.74 Å². The lowest BCUT2D eigenvalue weighted by atomic mass is 10.1. The Balaban J connectivity index is 2.20. The molecular weight excluding hydrogens is 296 g/mol. The molecule has 1 saturated heterocycles. The molecule has 1 aromatic rings. The number of ether oxygens (including phenoxy) is 1. The van der Waals surface area contributed by atoms with Crippen LogP contribution in [0.3, 0.4) is 0 Å². The number of hydrogen-bond donors (Lipinski definition) is 2.